The minimum Gasteiger partial charge on any atom is -0.274 e. The van der Waals surface area contributed by atoms with Crippen LogP contribution < -0.4 is 5.01 Å². The second-order valence-electron chi connectivity index (χ2n) is 3.17. The fourth-order valence-corrected chi connectivity index (χ4v) is 1.77. The van der Waals surface area contributed by atoms with Crippen molar-refractivity contribution in [1.82, 2.24) is 5.01 Å². The van der Waals surface area contributed by atoms with Crippen LogP contribution >= 0.6 is 11.6 Å². The van der Waals surface area contributed by atoms with E-state index in [0.29, 0.717) is 13.0 Å². The van der Waals surface area contributed by atoms with Crippen molar-refractivity contribution in [2.75, 3.05) is 11.6 Å². The van der Waals surface area contributed by atoms with Crippen LogP contribution in [-0.4, -0.2) is 22.8 Å². The molecule has 0 unspecified atom stereocenters. The van der Waals surface area contributed by atoms with Gasteiger partial charge >= 0.3 is 5.37 Å². The molecule has 15 heavy (non-hydrogen) atoms. The molecule has 5 heteroatoms. The molecule has 0 aliphatic carbocycles. The molecule has 1 heterocycles. The first kappa shape index (κ1) is 9.98. The van der Waals surface area contributed by atoms with E-state index in [2.05, 4.69) is 0 Å². The predicted molar refractivity (Wildman–Crippen MR) is 56.5 cm³/mol. The van der Waals surface area contributed by atoms with Crippen LogP contribution in [0.5, 0.6) is 0 Å². The molecule has 2 amide bonds. The zero-order chi connectivity index (χ0) is 10.8. The number of imide groups is 1. The van der Waals surface area contributed by atoms with Gasteiger partial charge in [-0.05, 0) is 23.7 Å². The van der Waals surface area contributed by atoms with Gasteiger partial charge in [0.1, 0.15) is 0 Å². The Hall–Kier alpha value is -1.55. The Kier molecular flexibility index (Phi) is 2.60. The number of hydrazine groups is 1. The summed E-state index contributed by atoms with van der Waals surface area (Å²) in [5.41, 5.74) is 0.789. The zero-order valence-corrected chi connectivity index (χ0v) is 8.65. The van der Waals surface area contributed by atoms with Crippen LogP contribution in [0.4, 0.5) is 10.5 Å². The molecule has 1 aromatic carbocycles. The molecule has 78 valence electrons. The van der Waals surface area contributed by atoms with Gasteiger partial charge in [-0.25, -0.2) is 0 Å². The largest absolute Gasteiger partial charge is 0.342 e. The molecule has 1 aromatic rings. The van der Waals surface area contributed by atoms with Crippen LogP contribution in [0.15, 0.2) is 30.3 Å². The maximum Gasteiger partial charge on any atom is 0.342 e. The molecule has 2 rings (SSSR count). The third kappa shape index (κ3) is 1.80. The molecule has 0 spiro atoms. The molecular formula is C10H9ClN2O2. The standard InChI is InChI=1S/C10H9ClN2O2/c11-10(15)13-9(14)6-7-12(13)8-4-2-1-3-5-8/h1-5H,6-7H2. The summed E-state index contributed by atoms with van der Waals surface area (Å²) in [6.45, 7) is 0.487. The van der Waals surface area contributed by atoms with Crippen molar-refractivity contribution >= 4 is 28.6 Å². The third-order valence-electron chi connectivity index (χ3n) is 2.24. The van der Waals surface area contributed by atoms with E-state index in [4.69, 9.17) is 11.6 Å². The molecule has 0 atom stereocenters. The lowest BCUT2D eigenvalue weighted by atomic mass is 10.3. The van der Waals surface area contributed by atoms with Crippen molar-refractivity contribution in [3.63, 3.8) is 0 Å². The average Bonchev–Trinajstić information content (AvgIpc) is 2.61. The molecule has 0 radical (unpaired) electrons. The molecule has 1 saturated heterocycles. The number of amides is 2. The number of rotatable bonds is 1. The number of anilines is 1. The van der Waals surface area contributed by atoms with Crippen molar-refractivity contribution in [3.05, 3.63) is 30.3 Å². The summed E-state index contributed by atoms with van der Waals surface area (Å²) in [7, 11) is 0. The summed E-state index contributed by atoms with van der Waals surface area (Å²) >= 11 is 5.35. The van der Waals surface area contributed by atoms with Gasteiger partial charge in [0, 0.05) is 13.0 Å². The minimum atomic E-state index is -0.763. The van der Waals surface area contributed by atoms with Crippen molar-refractivity contribution in [2.24, 2.45) is 0 Å². The third-order valence-corrected chi connectivity index (χ3v) is 2.40. The Morgan fingerprint density at radius 1 is 1.27 bits per heavy atom. The summed E-state index contributed by atoms with van der Waals surface area (Å²) in [5.74, 6) is -0.265. The van der Waals surface area contributed by atoms with Crippen LogP contribution in [0.25, 0.3) is 0 Å². The number of para-hydroxylation sites is 1. The highest BCUT2D eigenvalue weighted by Crippen LogP contribution is 2.23. The maximum atomic E-state index is 11.4. The highest BCUT2D eigenvalue weighted by atomic mass is 35.5. The average molecular weight is 225 g/mol. The first-order valence-electron chi connectivity index (χ1n) is 4.55. The van der Waals surface area contributed by atoms with Crippen molar-refractivity contribution in [1.29, 1.82) is 0 Å². The summed E-state index contributed by atoms with van der Waals surface area (Å²) in [6, 6.07) is 9.20. The highest BCUT2D eigenvalue weighted by molar-refractivity contribution is 6.64. The van der Waals surface area contributed by atoms with E-state index in [0.717, 1.165) is 10.7 Å². The molecule has 1 aliphatic rings. The van der Waals surface area contributed by atoms with Crippen LogP contribution in [-0.2, 0) is 4.79 Å². The Morgan fingerprint density at radius 3 is 2.53 bits per heavy atom. The van der Waals surface area contributed by atoms with Gasteiger partial charge in [-0.15, -0.1) is 0 Å². The number of carbonyl (C=O) groups excluding carboxylic acids is 2. The first-order valence-corrected chi connectivity index (χ1v) is 4.93. The van der Waals surface area contributed by atoms with Gasteiger partial charge in [0.25, 0.3) is 5.91 Å². The molecule has 0 saturated carbocycles. The van der Waals surface area contributed by atoms with E-state index in [1.54, 1.807) is 5.01 Å². The topological polar surface area (TPSA) is 40.6 Å². The number of carbonyl (C=O) groups is 2. The lowest BCUT2D eigenvalue weighted by molar-refractivity contribution is -0.125. The van der Waals surface area contributed by atoms with Crippen LogP contribution in [0, 0.1) is 0 Å². The smallest absolute Gasteiger partial charge is 0.274 e. The summed E-state index contributed by atoms with van der Waals surface area (Å²) in [5, 5.41) is 1.79. The number of halogens is 1. The number of hydrogen-bond acceptors (Lipinski definition) is 3. The van der Waals surface area contributed by atoms with Crippen LogP contribution in [0.1, 0.15) is 6.42 Å². The fraction of sp³-hybridized carbons (Fsp3) is 0.200. The highest BCUT2D eigenvalue weighted by Gasteiger charge is 2.33. The van der Waals surface area contributed by atoms with Gasteiger partial charge in [0.05, 0.1) is 5.69 Å². The minimum absolute atomic E-state index is 0.265. The normalized spacial score (nSPS) is 15.9. The Morgan fingerprint density at radius 2 is 1.93 bits per heavy atom. The fourth-order valence-electron chi connectivity index (χ4n) is 1.58. The molecule has 1 fully saturated rings. The van der Waals surface area contributed by atoms with E-state index in [-0.39, 0.29) is 5.91 Å². The Balaban J connectivity index is 2.30. The second kappa shape index (κ2) is 3.90. The maximum absolute atomic E-state index is 11.4. The first-order chi connectivity index (χ1) is 7.20. The van der Waals surface area contributed by atoms with Gasteiger partial charge in [-0.1, -0.05) is 18.2 Å². The van der Waals surface area contributed by atoms with Gasteiger partial charge in [-0.3, -0.25) is 14.6 Å². The number of nitrogens with zero attached hydrogens (tertiary/aromatic N) is 2. The summed E-state index contributed by atoms with van der Waals surface area (Å²) in [4.78, 5) is 22.4. The van der Waals surface area contributed by atoms with Crippen molar-refractivity contribution in [2.45, 2.75) is 6.42 Å². The number of benzene rings is 1. The predicted octanol–water partition coefficient (Wildman–Crippen LogP) is 2.00. The van der Waals surface area contributed by atoms with Crippen molar-refractivity contribution in [3.8, 4) is 0 Å². The van der Waals surface area contributed by atoms with Gasteiger partial charge in [0.15, 0.2) is 0 Å². The quantitative estimate of drug-likeness (QED) is 0.541. The number of hydrogen-bond donors (Lipinski definition) is 0. The van der Waals surface area contributed by atoms with Crippen LogP contribution in [0.3, 0.4) is 0 Å². The lowest BCUT2D eigenvalue weighted by Gasteiger charge is -2.25. The zero-order valence-electron chi connectivity index (χ0n) is 7.89. The second-order valence-corrected chi connectivity index (χ2v) is 3.49. The van der Waals surface area contributed by atoms with E-state index in [9.17, 15) is 9.59 Å². The molecule has 4 nitrogen and oxygen atoms in total. The van der Waals surface area contributed by atoms with Gasteiger partial charge < -0.3 is 0 Å². The molecular weight excluding hydrogens is 216 g/mol. The van der Waals surface area contributed by atoms with Crippen LogP contribution in [0.2, 0.25) is 0 Å². The van der Waals surface area contributed by atoms with E-state index < -0.39 is 5.37 Å². The van der Waals surface area contributed by atoms with E-state index in [1.165, 1.54) is 0 Å². The monoisotopic (exact) mass is 224 g/mol. The van der Waals surface area contributed by atoms with Gasteiger partial charge in [0.2, 0.25) is 0 Å². The van der Waals surface area contributed by atoms with E-state index in [1.807, 2.05) is 30.3 Å². The van der Waals surface area contributed by atoms with E-state index >= 15 is 0 Å². The SMILES string of the molecule is O=C(Cl)N1C(=O)CCN1c1ccccc1. The molecule has 0 aromatic heterocycles. The Labute approximate surface area is 92.0 Å². The lowest BCUT2D eigenvalue weighted by Crippen LogP contribution is -2.40. The molecule has 0 bridgehead atoms. The molecule has 0 N–H and O–H groups in total. The van der Waals surface area contributed by atoms with Gasteiger partial charge in [-0.2, -0.15) is 5.01 Å². The summed E-state index contributed by atoms with van der Waals surface area (Å²) in [6.07, 6.45) is 0.313. The Bertz CT molecular complexity index is 394. The molecule has 1 aliphatic heterocycles. The van der Waals surface area contributed by atoms with Crippen molar-refractivity contribution < 1.29 is 9.59 Å². The summed E-state index contributed by atoms with van der Waals surface area (Å²) < 4.78 is 0.